The van der Waals surface area contributed by atoms with E-state index in [4.69, 9.17) is 5.26 Å². The van der Waals surface area contributed by atoms with Gasteiger partial charge in [-0.1, -0.05) is 0 Å². The molecule has 0 aliphatic heterocycles. The first-order chi connectivity index (χ1) is 7.52. The minimum atomic E-state index is -4.46. The maximum Gasteiger partial charge on any atom is 0.431 e. The Hall–Kier alpha value is -1.74. The highest BCUT2D eigenvalue weighted by Crippen LogP contribution is 2.33. The summed E-state index contributed by atoms with van der Waals surface area (Å²) < 4.78 is 37.3. The molecule has 0 saturated carbocycles. The number of halogens is 3. The number of nitrogens with one attached hydrogen (secondary N) is 1. The van der Waals surface area contributed by atoms with Crippen molar-refractivity contribution < 1.29 is 13.2 Å². The van der Waals surface area contributed by atoms with Crippen LogP contribution in [0.3, 0.4) is 0 Å². The molecule has 2 nitrogen and oxygen atoms in total. The fourth-order valence-electron chi connectivity index (χ4n) is 1.33. The van der Waals surface area contributed by atoms with Gasteiger partial charge in [-0.3, -0.25) is 0 Å². The molecule has 82 valence electrons. The van der Waals surface area contributed by atoms with Crippen molar-refractivity contribution in [1.29, 1.82) is 5.26 Å². The molecule has 0 aliphatic rings. The summed E-state index contributed by atoms with van der Waals surface area (Å²) in [6, 6.07) is 4.24. The SMILES string of the molecule is N#Cc1cc(C(F)(F)F)[nH]c1-c1ccsc1. The second kappa shape index (κ2) is 3.68. The molecule has 6 heteroatoms. The van der Waals surface area contributed by atoms with Crippen LogP contribution in [0, 0.1) is 11.3 Å². The van der Waals surface area contributed by atoms with E-state index in [1.807, 2.05) is 0 Å². The van der Waals surface area contributed by atoms with Crippen LogP contribution in [0.5, 0.6) is 0 Å². The maximum absolute atomic E-state index is 12.4. The fraction of sp³-hybridized carbons (Fsp3) is 0.100. The van der Waals surface area contributed by atoms with Crippen LogP contribution < -0.4 is 0 Å². The Labute approximate surface area is 93.0 Å². The van der Waals surface area contributed by atoms with Crippen molar-refractivity contribution in [3.05, 3.63) is 34.2 Å². The van der Waals surface area contributed by atoms with Gasteiger partial charge in [0.2, 0.25) is 0 Å². The van der Waals surface area contributed by atoms with E-state index in [9.17, 15) is 13.2 Å². The number of nitrogens with zero attached hydrogens (tertiary/aromatic N) is 1. The Bertz CT molecular complexity index is 531. The van der Waals surface area contributed by atoms with Gasteiger partial charge in [0.25, 0.3) is 0 Å². The number of rotatable bonds is 1. The molecule has 2 rings (SSSR count). The van der Waals surface area contributed by atoms with Gasteiger partial charge < -0.3 is 4.98 Å². The van der Waals surface area contributed by atoms with Crippen molar-refractivity contribution in [3.8, 4) is 17.3 Å². The van der Waals surface area contributed by atoms with E-state index in [0.717, 1.165) is 6.07 Å². The minimum Gasteiger partial charge on any atom is -0.350 e. The quantitative estimate of drug-likeness (QED) is 0.814. The summed E-state index contributed by atoms with van der Waals surface area (Å²) in [5, 5.41) is 12.2. The summed E-state index contributed by atoms with van der Waals surface area (Å²) in [6.07, 6.45) is -4.46. The molecule has 0 spiro atoms. The molecule has 0 aromatic carbocycles. The molecule has 0 fully saturated rings. The van der Waals surface area contributed by atoms with Crippen LogP contribution in [0.25, 0.3) is 11.3 Å². The van der Waals surface area contributed by atoms with E-state index >= 15 is 0 Å². The highest BCUT2D eigenvalue weighted by atomic mass is 32.1. The fourth-order valence-corrected chi connectivity index (χ4v) is 1.98. The second-order valence-electron chi connectivity index (χ2n) is 3.09. The third kappa shape index (κ3) is 1.82. The zero-order valence-electron chi connectivity index (χ0n) is 7.80. The number of thiophene rings is 1. The molecule has 0 atom stereocenters. The zero-order valence-corrected chi connectivity index (χ0v) is 8.62. The molecule has 0 unspecified atom stereocenters. The van der Waals surface area contributed by atoms with Crippen LogP contribution >= 0.6 is 11.3 Å². The zero-order chi connectivity index (χ0) is 11.8. The van der Waals surface area contributed by atoms with Gasteiger partial charge in [-0.05, 0) is 17.5 Å². The summed E-state index contributed by atoms with van der Waals surface area (Å²) in [7, 11) is 0. The van der Waals surface area contributed by atoms with Gasteiger partial charge in [-0.2, -0.15) is 29.8 Å². The lowest BCUT2D eigenvalue weighted by atomic mass is 10.2. The highest BCUT2D eigenvalue weighted by molar-refractivity contribution is 7.08. The summed E-state index contributed by atoms with van der Waals surface area (Å²) in [5.41, 5.74) is -0.0795. The Kier molecular flexibility index (Phi) is 2.48. The number of H-pyrrole nitrogens is 1. The molecule has 0 bridgehead atoms. The van der Waals surface area contributed by atoms with Crippen molar-refractivity contribution >= 4 is 11.3 Å². The smallest absolute Gasteiger partial charge is 0.350 e. The maximum atomic E-state index is 12.4. The third-order valence-electron chi connectivity index (χ3n) is 2.05. The Morgan fingerprint density at radius 3 is 2.62 bits per heavy atom. The minimum absolute atomic E-state index is 0.00530. The summed E-state index contributed by atoms with van der Waals surface area (Å²) in [5.74, 6) is 0. The lowest BCUT2D eigenvalue weighted by Gasteiger charge is -2.01. The molecular weight excluding hydrogens is 237 g/mol. The van der Waals surface area contributed by atoms with Gasteiger partial charge in [0.05, 0.1) is 11.3 Å². The number of hydrogen-bond donors (Lipinski definition) is 1. The standard InChI is InChI=1S/C10H5F3N2S/c11-10(12,13)8-3-7(4-14)9(15-8)6-1-2-16-5-6/h1-3,5,15H. The van der Waals surface area contributed by atoms with Crippen LogP contribution in [-0.2, 0) is 6.18 Å². The molecule has 2 heterocycles. The molecule has 2 aromatic heterocycles. The van der Waals surface area contributed by atoms with E-state index in [2.05, 4.69) is 4.98 Å². The number of alkyl halides is 3. The van der Waals surface area contributed by atoms with E-state index in [0.29, 0.717) is 5.56 Å². The number of nitriles is 1. The van der Waals surface area contributed by atoms with Crippen molar-refractivity contribution in [1.82, 2.24) is 4.98 Å². The lowest BCUT2D eigenvalue weighted by molar-refractivity contribution is -0.140. The van der Waals surface area contributed by atoms with Crippen LogP contribution in [0.1, 0.15) is 11.3 Å². The van der Waals surface area contributed by atoms with E-state index in [1.54, 1.807) is 22.9 Å². The van der Waals surface area contributed by atoms with Crippen LogP contribution in [-0.4, -0.2) is 4.98 Å². The van der Waals surface area contributed by atoms with Gasteiger partial charge in [0.1, 0.15) is 11.8 Å². The van der Waals surface area contributed by atoms with Gasteiger partial charge in [-0.25, -0.2) is 0 Å². The van der Waals surface area contributed by atoms with Gasteiger partial charge in [0, 0.05) is 10.9 Å². The van der Waals surface area contributed by atoms with Gasteiger partial charge in [-0.15, -0.1) is 0 Å². The summed E-state index contributed by atoms with van der Waals surface area (Å²) in [4.78, 5) is 2.23. The highest BCUT2D eigenvalue weighted by Gasteiger charge is 2.33. The first-order valence-corrected chi connectivity index (χ1v) is 5.19. The number of hydrogen-bond acceptors (Lipinski definition) is 2. The first-order valence-electron chi connectivity index (χ1n) is 4.25. The first kappa shape index (κ1) is 10.8. The van der Waals surface area contributed by atoms with Crippen molar-refractivity contribution in [3.63, 3.8) is 0 Å². The van der Waals surface area contributed by atoms with Crippen molar-refractivity contribution in [2.24, 2.45) is 0 Å². The average Bonchev–Trinajstić information content (AvgIpc) is 2.85. The largest absolute Gasteiger partial charge is 0.431 e. The molecule has 1 N–H and O–H groups in total. The Balaban J connectivity index is 2.55. The molecule has 0 saturated heterocycles. The molecule has 16 heavy (non-hydrogen) atoms. The number of aromatic nitrogens is 1. The molecule has 0 radical (unpaired) electrons. The van der Waals surface area contributed by atoms with Crippen LogP contribution in [0.15, 0.2) is 22.9 Å². The van der Waals surface area contributed by atoms with Crippen LogP contribution in [0.2, 0.25) is 0 Å². The second-order valence-corrected chi connectivity index (χ2v) is 3.87. The monoisotopic (exact) mass is 242 g/mol. The van der Waals surface area contributed by atoms with E-state index < -0.39 is 11.9 Å². The summed E-state index contributed by atoms with van der Waals surface area (Å²) in [6.45, 7) is 0. The van der Waals surface area contributed by atoms with Gasteiger partial charge >= 0.3 is 6.18 Å². The third-order valence-corrected chi connectivity index (χ3v) is 2.74. The predicted octanol–water partition coefficient (Wildman–Crippen LogP) is 3.63. The normalized spacial score (nSPS) is 11.4. The topological polar surface area (TPSA) is 39.6 Å². The average molecular weight is 242 g/mol. The van der Waals surface area contributed by atoms with E-state index in [1.165, 1.54) is 11.3 Å². The summed E-state index contributed by atoms with van der Waals surface area (Å²) >= 11 is 1.36. The molecule has 0 aliphatic carbocycles. The van der Waals surface area contributed by atoms with Gasteiger partial charge in [0.15, 0.2) is 0 Å². The van der Waals surface area contributed by atoms with E-state index in [-0.39, 0.29) is 11.3 Å². The lowest BCUT2D eigenvalue weighted by Crippen LogP contribution is -2.04. The Morgan fingerprint density at radius 2 is 2.12 bits per heavy atom. The van der Waals surface area contributed by atoms with Crippen molar-refractivity contribution in [2.75, 3.05) is 0 Å². The molecule has 0 amide bonds. The predicted molar refractivity (Wildman–Crippen MR) is 53.8 cm³/mol. The van der Waals surface area contributed by atoms with Crippen LogP contribution in [0.4, 0.5) is 13.2 Å². The number of aromatic amines is 1. The molecule has 2 aromatic rings. The molecular formula is C10H5F3N2S. The Morgan fingerprint density at radius 1 is 1.38 bits per heavy atom. The van der Waals surface area contributed by atoms with Crippen molar-refractivity contribution in [2.45, 2.75) is 6.18 Å².